The fourth-order valence-electron chi connectivity index (χ4n) is 3.25. The number of amides is 1. The van der Waals surface area contributed by atoms with Crippen molar-refractivity contribution in [3.05, 3.63) is 0 Å². The van der Waals surface area contributed by atoms with E-state index >= 15 is 0 Å². The van der Waals surface area contributed by atoms with E-state index in [0.717, 1.165) is 44.2 Å². The molecule has 2 rings (SSSR count). The van der Waals surface area contributed by atoms with Gasteiger partial charge in [-0.1, -0.05) is 26.2 Å². The second-order valence-corrected chi connectivity index (χ2v) is 7.83. The molecule has 1 amide bonds. The Morgan fingerprint density at radius 1 is 1.25 bits per heavy atom. The van der Waals surface area contributed by atoms with Gasteiger partial charge < -0.3 is 15.5 Å². The second-order valence-electron chi connectivity index (χ2n) is 6.42. The molecule has 2 N–H and O–H groups in total. The molecule has 0 aromatic heterocycles. The Morgan fingerprint density at radius 2 is 2.00 bits per heavy atom. The number of nitrogens with zero attached hydrogens (tertiary/aromatic N) is 2. The van der Waals surface area contributed by atoms with Crippen LogP contribution in [0, 0.1) is 0 Å². The van der Waals surface area contributed by atoms with Crippen LogP contribution in [0.4, 0.5) is 0 Å². The third kappa shape index (κ3) is 7.37. The second kappa shape index (κ2) is 12.2. The van der Waals surface area contributed by atoms with Gasteiger partial charge in [0, 0.05) is 36.7 Å². The van der Waals surface area contributed by atoms with Gasteiger partial charge in [0.25, 0.3) is 0 Å². The molecule has 0 bridgehead atoms. The van der Waals surface area contributed by atoms with E-state index < -0.39 is 0 Å². The molecule has 0 aromatic rings. The quantitative estimate of drug-likeness (QED) is 0.370. The van der Waals surface area contributed by atoms with Gasteiger partial charge >= 0.3 is 0 Å². The zero-order valence-electron chi connectivity index (χ0n) is 15.1. The zero-order valence-corrected chi connectivity index (χ0v) is 18.2. The van der Waals surface area contributed by atoms with Gasteiger partial charge in [0.1, 0.15) is 6.54 Å². The molecule has 2 fully saturated rings. The summed E-state index contributed by atoms with van der Waals surface area (Å²) in [4.78, 5) is 19.0. The van der Waals surface area contributed by atoms with Crippen molar-refractivity contribution in [3.63, 3.8) is 0 Å². The monoisotopic (exact) mass is 468 g/mol. The molecule has 24 heavy (non-hydrogen) atoms. The number of hydrogen-bond donors (Lipinski definition) is 2. The largest absolute Gasteiger partial charge is 0.357 e. The molecule has 1 unspecified atom stereocenters. The van der Waals surface area contributed by atoms with Gasteiger partial charge in [-0.05, 0) is 26.2 Å². The van der Waals surface area contributed by atoms with Gasteiger partial charge in [0.15, 0.2) is 5.96 Å². The Balaban J connectivity index is 0.00000288. The van der Waals surface area contributed by atoms with Crippen LogP contribution in [-0.2, 0) is 4.79 Å². The van der Waals surface area contributed by atoms with Crippen LogP contribution in [0.2, 0.25) is 0 Å². The number of aliphatic imine (C=N–C) groups is 1. The van der Waals surface area contributed by atoms with E-state index in [0.29, 0.717) is 11.3 Å². The van der Waals surface area contributed by atoms with E-state index in [1.165, 1.54) is 25.7 Å². The third-order valence-corrected chi connectivity index (χ3v) is 5.94. The van der Waals surface area contributed by atoms with Crippen molar-refractivity contribution in [1.82, 2.24) is 15.5 Å². The van der Waals surface area contributed by atoms with Crippen LogP contribution < -0.4 is 10.6 Å². The third-order valence-electron chi connectivity index (χ3n) is 4.57. The summed E-state index contributed by atoms with van der Waals surface area (Å²) in [5.74, 6) is 2.09. The van der Waals surface area contributed by atoms with Gasteiger partial charge in [-0.2, -0.15) is 11.8 Å². The van der Waals surface area contributed by atoms with Crippen molar-refractivity contribution in [3.8, 4) is 0 Å². The molecule has 5 nitrogen and oxygen atoms in total. The summed E-state index contributed by atoms with van der Waals surface area (Å²) in [6, 6.07) is 0.366. The fourth-order valence-corrected chi connectivity index (χ4v) is 4.43. The predicted molar refractivity (Wildman–Crippen MR) is 115 cm³/mol. The average Bonchev–Trinajstić information content (AvgIpc) is 2.59. The summed E-state index contributed by atoms with van der Waals surface area (Å²) in [6.45, 7) is 7.42. The molecule has 1 atom stereocenters. The summed E-state index contributed by atoms with van der Waals surface area (Å²) >= 11 is 2.05. The topological polar surface area (TPSA) is 56.7 Å². The lowest BCUT2D eigenvalue weighted by atomic mass is 9.95. The van der Waals surface area contributed by atoms with Crippen molar-refractivity contribution in [2.24, 2.45) is 4.99 Å². The number of carbonyl (C=O) groups is 1. The van der Waals surface area contributed by atoms with Gasteiger partial charge in [0.05, 0.1) is 0 Å². The number of guanidine groups is 1. The minimum absolute atomic E-state index is 0. The SMILES string of the molecule is CCNC(=NCC(=O)NC1CCCCC1)N1CCSC(CC)C1.I. The molecule has 0 radical (unpaired) electrons. The Labute approximate surface area is 168 Å². The molecular weight excluding hydrogens is 435 g/mol. The lowest BCUT2D eigenvalue weighted by Crippen LogP contribution is -2.48. The van der Waals surface area contributed by atoms with Crippen LogP contribution in [0.1, 0.15) is 52.4 Å². The van der Waals surface area contributed by atoms with E-state index in [4.69, 9.17) is 0 Å². The van der Waals surface area contributed by atoms with Crippen molar-refractivity contribution in [2.45, 2.75) is 63.7 Å². The molecule has 1 saturated heterocycles. The first-order chi connectivity index (χ1) is 11.2. The Hall–Kier alpha value is -0.180. The van der Waals surface area contributed by atoms with E-state index in [2.05, 4.69) is 34.4 Å². The maximum atomic E-state index is 12.2. The zero-order chi connectivity index (χ0) is 16.5. The number of nitrogens with one attached hydrogen (secondary N) is 2. The predicted octanol–water partition coefficient (Wildman–Crippen LogP) is 2.85. The summed E-state index contributed by atoms with van der Waals surface area (Å²) in [7, 11) is 0. The highest BCUT2D eigenvalue weighted by molar-refractivity contribution is 14.0. The van der Waals surface area contributed by atoms with Crippen molar-refractivity contribution in [1.29, 1.82) is 0 Å². The molecule has 0 aromatic carbocycles. The van der Waals surface area contributed by atoms with E-state index in [1.807, 2.05) is 11.8 Å². The summed E-state index contributed by atoms with van der Waals surface area (Å²) < 4.78 is 0. The van der Waals surface area contributed by atoms with Crippen LogP contribution in [0.15, 0.2) is 4.99 Å². The number of halogens is 1. The maximum absolute atomic E-state index is 12.2. The first-order valence-corrected chi connectivity index (χ1v) is 10.2. The highest BCUT2D eigenvalue weighted by Gasteiger charge is 2.22. The molecule has 1 aliphatic heterocycles. The van der Waals surface area contributed by atoms with Crippen molar-refractivity contribution in [2.75, 3.05) is 31.9 Å². The van der Waals surface area contributed by atoms with Gasteiger partial charge in [-0.25, -0.2) is 4.99 Å². The van der Waals surface area contributed by atoms with Crippen LogP contribution >= 0.6 is 35.7 Å². The summed E-state index contributed by atoms with van der Waals surface area (Å²) in [6.07, 6.45) is 7.21. The fraction of sp³-hybridized carbons (Fsp3) is 0.882. The number of hydrogen-bond acceptors (Lipinski definition) is 3. The molecule has 140 valence electrons. The summed E-state index contributed by atoms with van der Waals surface area (Å²) in [5.41, 5.74) is 0. The molecule has 7 heteroatoms. The van der Waals surface area contributed by atoms with E-state index in [9.17, 15) is 4.79 Å². The molecule has 1 aliphatic carbocycles. The Bertz CT molecular complexity index is 402. The van der Waals surface area contributed by atoms with E-state index in [1.54, 1.807) is 0 Å². The molecular formula is C17H33IN4OS. The molecule has 1 saturated carbocycles. The molecule has 0 spiro atoms. The normalized spacial score (nSPS) is 22.7. The van der Waals surface area contributed by atoms with Crippen LogP contribution in [-0.4, -0.2) is 60.0 Å². The first kappa shape index (κ1) is 21.9. The number of rotatable bonds is 5. The van der Waals surface area contributed by atoms with Crippen molar-refractivity contribution < 1.29 is 4.79 Å². The lowest BCUT2D eigenvalue weighted by Gasteiger charge is -2.34. The maximum Gasteiger partial charge on any atom is 0.242 e. The van der Waals surface area contributed by atoms with Crippen LogP contribution in [0.3, 0.4) is 0 Å². The number of thioether (sulfide) groups is 1. The van der Waals surface area contributed by atoms with Crippen LogP contribution in [0.25, 0.3) is 0 Å². The standard InChI is InChI=1S/C17H32N4OS.HI/c1-3-15-13-21(10-11-23-15)17(18-4-2)19-12-16(22)20-14-8-6-5-7-9-14;/h14-15H,3-13H2,1-2H3,(H,18,19)(H,20,22);1H. The van der Waals surface area contributed by atoms with Crippen LogP contribution in [0.5, 0.6) is 0 Å². The lowest BCUT2D eigenvalue weighted by molar-refractivity contribution is -0.120. The van der Waals surface area contributed by atoms with E-state index in [-0.39, 0.29) is 36.4 Å². The Kier molecular flexibility index (Phi) is 11.1. The van der Waals surface area contributed by atoms with Crippen molar-refractivity contribution >= 4 is 47.6 Å². The number of carbonyl (C=O) groups excluding carboxylic acids is 1. The highest BCUT2D eigenvalue weighted by atomic mass is 127. The smallest absolute Gasteiger partial charge is 0.242 e. The molecule has 2 aliphatic rings. The van der Waals surface area contributed by atoms with Gasteiger partial charge in [-0.15, -0.1) is 24.0 Å². The minimum Gasteiger partial charge on any atom is -0.357 e. The highest BCUT2D eigenvalue weighted by Crippen LogP contribution is 2.21. The van der Waals surface area contributed by atoms with Gasteiger partial charge in [0.2, 0.25) is 5.91 Å². The first-order valence-electron chi connectivity index (χ1n) is 9.17. The minimum atomic E-state index is 0. The Morgan fingerprint density at radius 3 is 2.67 bits per heavy atom. The summed E-state index contributed by atoms with van der Waals surface area (Å²) in [5, 5.41) is 7.16. The van der Waals surface area contributed by atoms with Gasteiger partial charge in [-0.3, -0.25) is 4.79 Å². The average molecular weight is 468 g/mol. The molecule has 1 heterocycles.